The minimum absolute atomic E-state index is 0.138. The number of esters is 1. The lowest BCUT2D eigenvalue weighted by Crippen LogP contribution is -1.99. The minimum Gasteiger partial charge on any atom is -0.469 e. The quantitative estimate of drug-likeness (QED) is 0.428. The highest BCUT2D eigenvalue weighted by molar-refractivity contribution is 7.99. The zero-order valence-corrected chi connectivity index (χ0v) is 9.42. The van der Waals surface area contributed by atoms with Crippen molar-refractivity contribution in [1.82, 2.24) is 20.6 Å². The van der Waals surface area contributed by atoms with E-state index in [4.69, 9.17) is 0 Å². The maximum atomic E-state index is 10.8. The third-order valence-electron chi connectivity index (χ3n) is 1.81. The van der Waals surface area contributed by atoms with Crippen LogP contribution in [0.5, 0.6) is 0 Å². The van der Waals surface area contributed by atoms with Gasteiger partial charge < -0.3 is 4.74 Å². The fourth-order valence-electron chi connectivity index (χ4n) is 1.03. The summed E-state index contributed by atoms with van der Waals surface area (Å²) in [5.41, 5.74) is 0. The van der Waals surface area contributed by atoms with Crippen LogP contribution in [0.15, 0.2) is 5.16 Å². The number of aromatic nitrogens is 4. The molecular weight excluding hydrogens is 216 g/mol. The standard InChI is InChI=1S/C8H14N4O2S/c1-14-7(13)5-3-2-4-6-15-8-9-11-12-10-8/h2-6H2,1H3,(H,9,10,11,12). The van der Waals surface area contributed by atoms with Gasteiger partial charge in [-0.3, -0.25) is 4.79 Å². The van der Waals surface area contributed by atoms with Crippen molar-refractivity contribution in [3.63, 3.8) is 0 Å². The molecule has 0 aliphatic rings. The molecule has 7 heteroatoms. The Hall–Kier alpha value is -1.11. The van der Waals surface area contributed by atoms with Crippen molar-refractivity contribution in [3.05, 3.63) is 0 Å². The molecule has 0 aliphatic heterocycles. The molecule has 1 heterocycles. The van der Waals surface area contributed by atoms with Crippen molar-refractivity contribution in [2.24, 2.45) is 0 Å². The number of hydrogen-bond donors (Lipinski definition) is 1. The molecule has 1 aromatic rings. The fourth-order valence-corrected chi connectivity index (χ4v) is 1.76. The third kappa shape index (κ3) is 5.36. The second kappa shape index (κ2) is 7.22. The smallest absolute Gasteiger partial charge is 0.305 e. The van der Waals surface area contributed by atoms with Gasteiger partial charge in [-0.25, -0.2) is 0 Å². The van der Waals surface area contributed by atoms with Crippen molar-refractivity contribution in [2.45, 2.75) is 30.8 Å². The van der Waals surface area contributed by atoms with E-state index < -0.39 is 0 Å². The van der Waals surface area contributed by atoms with E-state index in [0.29, 0.717) is 11.6 Å². The van der Waals surface area contributed by atoms with Crippen molar-refractivity contribution in [3.8, 4) is 0 Å². The van der Waals surface area contributed by atoms with Gasteiger partial charge in [0.15, 0.2) is 0 Å². The van der Waals surface area contributed by atoms with Gasteiger partial charge in [-0.2, -0.15) is 5.21 Å². The van der Waals surface area contributed by atoms with Crippen LogP contribution in [0.25, 0.3) is 0 Å². The molecule has 84 valence electrons. The molecule has 1 aromatic heterocycles. The Labute approximate surface area is 92.2 Å². The lowest BCUT2D eigenvalue weighted by molar-refractivity contribution is -0.140. The van der Waals surface area contributed by atoms with E-state index in [1.807, 2.05) is 0 Å². The molecular formula is C8H14N4O2S. The van der Waals surface area contributed by atoms with Crippen molar-refractivity contribution < 1.29 is 9.53 Å². The average Bonchev–Trinajstić information content (AvgIpc) is 2.75. The van der Waals surface area contributed by atoms with Crippen LogP contribution in [0.3, 0.4) is 0 Å². The molecule has 1 N–H and O–H groups in total. The summed E-state index contributed by atoms with van der Waals surface area (Å²) in [4.78, 5) is 10.8. The summed E-state index contributed by atoms with van der Waals surface area (Å²) in [6.07, 6.45) is 3.43. The van der Waals surface area contributed by atoms with Gasteiger partial charge in [-0.05, 0) is 18.1 Å². The number of tetrazole rings is 1. The molecule has 0 fully saturated rings. The lowest BCUT2D eigenvalue weighted by Gasteiger charge is -1.98. The van der Waals surface area contributed by atoms with E-state index in [1.165, 1.54) is 7.11 Å². The topological polar surface area (TPSA) is 80.8 Å². The van der Waals surface area contributed by atoms with E-state index in [-0.39, 0.29) is 5.97 Å². The highest BCUT2D eigenvalue weighted by Crippen LogP contribution is 2.13. The van der Waals surface area contributed by atoms with Gasteiger partial charge in [0.05, 0.1) is 7.11 Å². The Morgan fingerprint density at radius 2 is 2.33 bits per heavy atom. The van der Waals surface area contributed by atoms with E-state index >= 15 is 0 Å². The van der Waals surface area contributed by atoms with Crippen LogP contribution >= 0.6 is 11.8 Å². The van der Waals surface area contributed by atoms with Crippen LogP contribution in [0.4, 0.5) is 0 Å². The first-order chi connectivity index (χ1) is 7.33. The van der Waals surface area contributed by atoms with E-state index in [0.717, 1.165) is 25.0 Å². The molecule has 0 aromatic carbocycles. The zero-order valence-electron chi connectivity index (χ0n) is 8.60. The number of rotatable bonds is 7. The number of nitrogens with zero attached hydrogens (tertiary/aromatic N) is 3. The molecule has 6 nitrogen and oxygen atoms in total. The molecule has 0 atom stereocenters. The number of methoxy groups -OCH3 is 1. The highest BCUT2D eigenvalue weighted by atomic mass is 32.2. The summed E-state index contributed by atoms with van der Waals surface area (Å²) in [6.45, 7) is 0. The number of aromatic amines is 1. The lowest BCUT2D eigenvalue weighted by atomic mass is 10.2. The van der Waals surface area contributed by atoms with Crippen LogP contribution in [0.1, 0.15) is 25.7 Å². The molecule has 0 saturated carbocycles. The number of H-pyrrole nitrogens is 1. The minimum atomic E-state index is -0.138. The summed E-state index contributed by atoms with van der Waals surface area (Å²) in [6, 6.07) is 0. The third-order valence-corrected chi connectivity index (χ3v) is 2.73. The molecule has 0 bridgehead atoms. The predicted octanol–water partition coefficient (Wildman–Crippen LogP) is 1.03. The molecule has 0 aliphatic carbocycles. The van der Waals surface area contributed by atoms with Gasteiger partial charge in [0, 0.05) is 12.2 Å². The molecule has 0 spiro atoms. The summed E-state index contributed by atoms with van der Waals surface area (Å²) in [5, 5.41) is 14.1. The van der Waals surface area contributed by atoms with Crippen LogP contribution in [0.2, 0.25) is 0 Å². The molecule has 0 unspecified atom stereocenters. The molecule has 0 saturated heterocycles. The van der Waals surface area contributed by atoms with Gasteiger partial charge >= 0.3 is 5.97 Å². The second-order valence-corrected chi connectivity index (χ2v) is 3.99. The van der Waals surface area contributed by atoms with Gasteiger partial charge in [0.1, 0.15) is 0 Å². The maximum Gasteiger partial charge on any atom is 0.305 e. The number of unbranched alkanes of at least 4 members (excludes halogenated alkanes) is 2. The van der Waals surface area contributed by atoms with Crippen LogP contribution < -0.4 is 0 Å². The van der Waals surface area contributed by atoms with Gasteiger partial charge in [0.25, 0.3) is 0 Å². The normalized spacial score (nSPS) is 10.2. The Kier molecular flexibility index (Phi) is 5.76. The number of carbonyl (C=O) groups excluding carboxylic acids is 1. The van der Waals surface area contributed by atoms with E-state index in [9.17, 15) is 4.79 Å². The predicted molar refractivity (Wildman–Crippen MR) is 55.4 cm³/mol. The van der Waals surface area contributed by atoms with Crippen molar-refractivity contribution >= 4 is 17.7 Å². The Balaban J connectivity index is 1.91. The summed E-state index contributed by atoms with van der Waals surface area (Å²) >= 11 is 1.56. The SMILES string of the molecule is COC(=O)CCCCCSc1nn[nH]n1. The monoisotopic (exact) mass is 230 g/mol. The maximum absolute atomic E-state index is 10.8. The number of thioether (sulfide) groups is 1. The Morgan fingerprint density at radius 1 is 1.47 bits per heavy atom. The summed E-state index contributed by atoms with van der Waals surface area (Å²) in [7, 11) is 1.41. The van der Waals surface area contributed by atoms with Crippen molar-refractivity contribution in [2.75, 3.05) is 12.9 Å². The Bertz CT molecular complexity index is 278. The molecule has 1 rings (SSSR count). The van der Waals surface area contributed by atoms with E-state index in [1.54, 1.807) is 11.8 Å². The number of hydrogen-bond acceptors (Lipinski definition) is 6. The fraction of sp³-hybridized carbons (Fsp3) is 0.750. The number of nitrogens with one attached hydrogen (secondary N) is 1. The zero-order chi connectivity index (χ0) is 10.9. The Morgan fingerprint density at radius 3 is 3.00 bits per heavy atom. The molecule has 15 heavy (non-hydrogen) atoms. The molecule has 0 radical (unpaired) electrons. The first kappa shape index (κ1) is 12.0. The summed E-state index contributed by atoms with van der Waals surface area (Å²) < 4.78 is 4.54. The average molecular weight is 230 g/mol. The largest absolute Gasteiger partial charge is 0.469 e. The van der Waals surface area contributed by atoms with Crippen molar-refractivity contribution in [1.29, 1.82) is 0 Å². The van der Waals surface area contributed by atoms with Crippen LogP contribution in [0, 0.1) is 0 Å². The first-order valence-electron chi connectivity index (χ1n) is 4.76. The van der Waals surface area contributed by atoms with Gasteiger partial charge in [-0.15, -0.1) is 10.2 Å². The molecule has 0 amide bonds. The number of ether oxygens (including phenoxy) is 1. The first-order valence-corrected chi connectivity index (χ1v) is 5.74. The van der Waals surface area contributed by atoms with Gasteiger partial charge in [0.2, 0.25) is 5.16 Å². The second-order valence-electron chi connectivity index (χ2n) is 2.93. The van der Waals surface area contributed by atoms with Gasteiger partial charge in [-0.1, -0.05) is 18.2 Å². The van der Waals surface area contributed by atoms with E-state index in [2.05, 4.69) is 25.4 Å². The van der Waals surface area contributed by atoms with Crippen LogP contribution in [-0.4, -0.2) is 39.5 Å². The number of carbonyl (C=O) groups is 1. The van der Waals surface area contributed by atoms with Crippen LogP contribution in [-0.2, 0) is 9.53 Å². The highest BCUT2D eigenvalue weighted by Gasteiger charge is 2.00. The summed E-state index contributed by atoms with van der Waals surface area (Å²) in [5.74, 6) is 0.807.